The van der Waals surface area contributed by atoms with E-state index in [2.05, 4.69) is 9.97 Å². The lowest BCUT2D eigenvalue weighted by Crippen LogP contribution is -2.02. The zero-order valence-corrected chi connectivity index (χ0v) is 10.8. The molecule has 0 atom stereocenters. The van der Waals surface area contributed by atoms with Gasteiger partial charge in [-0.25, -0.2) is 9.97 Å². The van der Waals surface area contributed by atoms with Crippen LogP contribution in [0.3, 0.4) is 0 Å². The van der Waals surface area contributed by atoms with Crippen molar-refractivity contribution in [1.82, 2.24) is 9.97 Å². The fraction of sp³-hybridized carbons (Fsp3) is 0.231. The van der Waals surface area contributed by atoms with Crippen LogP contribution in [0, 0.1) is 13.8 Å². The summed E-state index contributed by atoms with van der Waals surface area (Å²) in [4.78, 5) is 8.28. The summed E-state index contributed by atoms with van der Waals surface area (Å²) in [5.41, 5.74) is 15.3. The second kappa shape index (κ2) is 5.97. The summed E-state index contributed by atoms with van der Waals surface area (Å²) >= 11 is 0. The van der Waals surface area contributed by atoms with Crippen LogP contribution in [0.25, 0.3) is 11.3 Å². The fourth-order valence-corrected chi connectivity index (χ4v) is 1.75. The van der Waals surface area contributed by atoms with Gasteiger partial charge in [0, 0.05) is 14.1 Å². The predicted octanol–water partition coefficient (Wildman–Crippen LogP) is 1.78. The molecule has 5 N–H and O–H groups in total. The van der Waals surface area contributed by atoms with Crippen LogP contribution in [0.15, 0.2) is 24.4 Å². The highest BCUT2D eigenvalue weighted by Crippen LogP contribution is 2.26. The largest absolute Gasteiger partial charge is 0.400 e. The highest BCUT2D eigenvalue weighted by Gasteiger charge is 2.08. The van der Waals surface area contributed by atoms with E-state index in [1.54, 1.807) is 6.20 Å². The van der Waals surface area contributed by atoms with Crippen LogP contribution in [0.5, 0.6) is 0 Å². The molecule has 98 valence electrons. The third kappa shape index (κ3) is 2.75. The zero-order valence-electron chi connectivity index (χ0n) is 10.8. The van der Waals surface area contributed by atoms with Crippen molar-refractivity contribution >= 4 is 11.6 Å². The summed E-state index contributed by atoms with van der Waals surface area (Å²) in [6.45, 7) is 4.08. The van der Waals surface area contributed by atoms with Crippen LogP contribution in [0.4, 0.5) is 11.6 Å². The topological polar surface area (TPSA) is 98.0 Å². The number of benzene rings is 1. The molecule has 1 heterocycles. The van der Waals surface area contributed by atoms with Gasteiger partial charge in [-0.2, -0.15) is 0 Å². The first-order valence-electron chi connectivity index (χ1n) is 5.49. The minimum atomic E-state index is 0. The van der Waals surface area contributed by atoms with E-state index in [-0.39, 0.29) is 13.1 Å². The van der Waals surface area contributed by atoms with Crippen LogP contribution in [-0.4, -0.2) is 22.2 Å². The minimum absolute atomic E-state index is 0. The molecular weight excluding hydrogens is 228 g/mol. The number of nitrogens with zero attached hydrogens (tertiary/aromatic N) is 2. The quantitative estimate of drug-likeness (QED) is 0.714. The molecule has 0 unspecified atom stereocenters. The summed E-state index contributed by atoms with van der Waals surface area (Å²) in [5.74, 6) is 0.551. The Morgan fingerprint density at radius 2 is 1.61 bits per heavy atom. The smallest absolute Gasteiger partial charge is 0.166 e. The Kier molecular flexibility index (Phi) is 4.62. The second-order valence-electron chi connectivity index (χ2n) is 3.79. The van der Waals surface area contributed by atoms with E-state index < -0.39 is 0 Å². The number of nitrogen functional groups attached to an aromatic ring is 2. The van der Waals surface area contributed by atoms with Gasteiger partial charge in [-0.3, -0.25) is 0 Å². The van der Waals surface area contributed by atoms with E-state index >= 15 is 0 Å². The van der Waals surface area contributed by atoms with Crippen LogP contribution in [-0.2, 0) is 0 Å². The van der Waals surface area contributed by atoms with Crippen LogP contribution < -0.4 is 11.5 Å². The first-order valence-corrected chi connectivity index (χ1v) is 5.49. The maximum Gasteiger partial charge on any atom is 0.166 e. The number of hydrogen-bond acceptors (Lipinski definition) is 5. The van der Waals surface area contributed by atoms with Gasteiger partial charge in [0.2, 0.25) is 0 Å². The van der Waals surface area contributed by atoms with Gasteiger partial charge in [-0.05, 0) is 25.0 Å². The number of aryl methyl sites for hydroxylation is 2. The summed E-state index contributed by atoms with van der Waals surface area (Å²) in [7, 11) is 1.00. The Morgan fingerprint density at radius 1 is 1.06 bits per heavy atom. The SMILES string of the molecule is CO.Cc1cccc(C)c1-c1cnc(N)c(N)n1.[HH]. The van der Waals surface area contributed by atoms with Crippen molar-refractivity contribution in [3.63, 3.8) is 0 Å². The molecule has 0 fully saturated rings. The van der Waals surface area contributed by atoms with Crippen molar-refractivity contribution in [2.75, 3.05) is 18.6 Å². The van der Waals surface area contributed by atoms with Gasteiger partial charge in [-0.1, -0.05) is 18.2 Å². The first kappa shape index (κ1) is 13.9. The molecule has 0 radical (unpaired) electrons. The monoisotopic (exact) mass is 248 g/mol. The molecule has 0 aliphatic heterocycles. The lowest BCUT2D eigenvalue weighted by atomic mass is 10.0. The number of anilines is 2. The molecule has 0 aliphatic rings. The minimum Gasteiger partial charge on any atom is -0.400 e. The summed E-state index contributed by atoms with van der Waals surface area (Å²) in [6, 6.07) is 6.09. The van der Waals surface area contributed by atoms with E-state index in [4.69, 9.17) is 16.6 Å². The molecule has 1 aromatic heterocycles. The maximum absolute atomic E-state index is 7.00. The van der Waals surface area contributed by atoms with E-state index in [1.165, 1.54) is 0 Å². The van der Waals surface area contributed by atoms with Crippen molar-refractivity contribution < 1.29 is 6.53 Å². The van der Waals surface area contributed by atoms with Crippen molar-refractivity contribution in [2.45, 2.75) is 13.8 Å². The Morgan fingerprint density at radius 3 is 2.11 bits per heavy atom. The summed E-state index contributed by atoms with van der Waals surface area (Å²) < 4.78 is 0. The Balaban J connectivity index is 0.00000103. The third-order valence-electron chi connectivity index (χ3n) is 2.57. The van der Waals surface area contributed by atoms with Crippen LogP contribution in [0.2, 0.25) is 0 Å². The standard InChI is InChI=1S/C12H14N4.CH4O.H2/c1-7-4-3-5-8(2)10(7)9-6-15-11(13)12(14)16-9;1-2;/h3-6H,1-2H3,(H2,13,15)(H2,14,16);2H,1H3;1H. The van der Waals surface area contributed by atoms with Crippen molar-refractivity contribution in [2.24, 2.45) is 0 Å². The zero-order chi connectivity index (χ0) is 13.7. The van der Waals surface area contributed by atoms with E-state index in [0.29, 0.717) is 0 Å². The van der Waals surface area contributed by atoms with Gasteiger partial charge < -0.3 is 16.6 Å². The molecule has 5 nitrogen and oxygen atoms in total. The molecule has 2 aromatic rings. The average molecular weight is 248 g/mol. The van der Waals surface area contributed by atoms with E-state index in [0.717, 1.165) is 29.5 Å². The lowest BCUT2D eigenvalue weighted by Gasteiger charge is -2.09. The lowest BCUT2D eigenvalue weighted by molar-refractivity contribution is 0.399. The number of aliphatic hydroxyl groups excluding tert-OH is 1. The van der Waals surface area contributed by atoms with E-state index in [1.807, 2.05) is 32.0 Å². The van der Waals surface area contributed by atoms with Crippen molar-refractivity contribution in [3.05, 3.63) is 35.5 Å². The molecular formula is C13H20N4O. The normalized spacial score (nSPS) is 9.56. The molecule has 2 rings (SSSR count). The molecule has 1 aromatic carbocycles. The molecule has 0 spiro atoms. The molecule has 0 aliphatic carbocycles. The summed E-state index contributed by atoms with van der Waals surface area (Å²) in [5, 5.41) is 7.00. The number of hydrogen-bond donors (Lipinski definition) is 3. The van der Waals surface area contributed by atoms with Gasteiger partial charge in [0.1, 0.15) is 0 Å². The highest BCUT2D eigenvalue weighted by molar-refractivity contribution is 5.69. The van der Waals surface area contributed by atoms with Gasteiger partial charge >= 0.3 is 0 Å². The summed E-state index contributed by atoms with van der Waals surface area (Å²) in [6.07, 6.45) is 1.65. The highest BCUT2D eigenvalue weighted by atomic mass is 16.2. The van der Waals surface area contributed by atoms with E-state index in [9.17, 15) is 0 Å². The average Bonchev–Trinajstić information content (AvgIpc) is 2.36. The molecule has 0 bridgehead atoms. The fourth-order valence-electron chi connectivity index (χ4n) is 1.75. The number of aliphatic hydroxyl groups is 1. The van der Waals surface area contributed by atoms with Crippen LogP contribution in [0.1, 0.15) is 12.6 Å². The maximum atomic E-state index is 7.00. The Labute approximate surface area is 108 Å². The molecule has 0 saturated carbocycles. The Bertz CT molecular complexity index is 526. The second-order valence-corrected chi connectivity index (χ2v) is 3.79. The van der Waals surface area contributed by atoms with Crippen molar-refractivity contribution in [1.29, 1.82) is 0 Å². The third-order valence-corrected chi connectivity index (χ3v) is 2.57. The number of aromatic nitrogens is 2. The number of rotatable bonds is 1. The number of nitrogens with two attached hydrogens (primary N) is 2. The molecule has 0 amide bonds. The van der Waals surface area contributed by atoms with Gasteiger partial charge in [0.15, 0.2) is 11.6 Å². The first-order chi connectivity index (χ1) is 8.59. The molecule has 18 heavy (non-hydrogen) atoms. The van der Waals surface area contributed by atoms with Gasteiger partial charge in [0.05, 0.1) is 11.9 Å². The van der Waals surface area contributed by atoms with Crippen LogP contribution >= 0.6 is 0 Å². The van der Waals surface area contributed by atoms with Gasteiger partial charge in [-0.15, -0.1) is 0 Å². The molecule has 0 saturated heterocycles. The van der Waals surface area contributed by atoms with Crippen molar-refractivity contribution in [3.8, 4) is 11.3 Å². The van der Waals surface area contributed by atoms with Gasteiger partial charge in [0.25, 0.3) is 0 Å². The molecule has 5 heteroatoms. The Hall–Kier alpha value is -2.14. The predicted molar refractivity (Wildman–Crippen MR) is 76.0 cm³/mol.